The first-order chi connectivity index (χ1) is 16.3. The molecule has 0 saturated carbocycles. The molecule has 0 bridgehead atoms. The number of allylic oxidation sites excluding steroid dienone is 3. The van der Waals surface area contributed by atoms with Gasteiger partial charge in [-0.1, -0.05) is 29.3 Å². The Morgan fingerprint density at radius 1 is 1.24 bits per heavy atom. The number of Topliss-reactive ketones (excluding diaryl/α,β-unsaturated/α-hetero) is 1. The lowest BCUT2D eigenvalue weighted by Gasteiger charge is -2.31. The van der Waals surface area contributed by atoms with Crippen LogP contribution in [0.5, 0.6) is 11.5 Å². The van der Waals surface area contributed by atoms with Crippen molar-refractivity contribution in [3.63, 3.8) is 0 Å². The molecule has 1 atom stereocenters. The minimum absolute atomic E-state index is 0.0304. The molecular formula is C25H21Cl2IN2O4. The molecule has 2 N–H and O–H groups in total. The van der Waals surface area contributed by atoms with Gasteiger partial charge in [-0.05, 0) is 65.8 Å². The lowest BCUT2D eigenvalue weighted by molar-refractivity contribution is -0.116. The molecule has 0 amide bonds. The van der Waals surface area contributed by atoms with Crippen molar-refractivity contribution in [1.82, 2.24) is 0 Å². The highest BCUT2D eigenvalue weighted by Gasteiger charge is 2.38. The topological polar surface area (TPSA) is 94.6 Å². The molecule has 0 spiro atoms. The molecule has 1 aliphatic carbocycles. The number of hydrogen-bond donors (Lipinski definition) is 1. The van der Waals surface area contributed by atoms with Crippen LogP contribution in [0.3, 0.4) is 0 Å². The number of ketones is 1. The molecule has 0 aromatic heterocycles. The Labute approximate surface area is 221 Å². The minimum Gasteiger partial charge on any atom is -0.490 e. The van der Waals surface area contributed by atoms with Gasteiger partial charge in [-0.15, -0.1) is 0 Å². The zero-order valence-electron chi connectivity index (χ0n) is 18.3. The van der Waals surface area contributed by atoms with Crippen LogP contribution in [-0.4, -0.2) is 12.4 Å². The maximum Gasteiger partial charge on any atom is 0.205 e. The highest BCUT2D eigenvalue weighted by molar-refractivity contribution is 14.1. The molecule has 0 unspecified atom stereocenters. The first-order valence-corrected chi connectivity index (χ1v) is 12.5. The second-order valence-electron chi connectivity index (χ2n) is 7.83. The summed E-state index contributed by atoms with van der Waals surface area (Å²) in [6, 6.07) is 11.1. The number of nitrogens with two attached hydrogens (primary N) is 1. The van der Waals surface area contributed by atoms with Crippen LogP contribution in [0.1, 0.15) is 43.2 Å². The van der Waals surface area contributed by atoms with Crippen LogP contribution in [0.4, 0.5) is 0 Å². The summed E-state index contributed by atoms with van der Waals surface area (Å²) >= 11 is 14.4. The van der Waals surface area contributed by atoms with Crippen molar-refractivity contribution in [2.45, 2.75) is 38.7 Å². The normalized spacial score (nSPS) is 17.7. The van der Waals surface area contributed by atoms with Crippen LogP contribution in [-0.2, 0) is 16.1 Å². The number of nitriles is 1. The fraction of sp³-hybridized carbons (Fsp3) is 0.280. The van der Waals surface area contributed by atoms with Crippen LogP contribution >= 0.6 is 45.8 Å². The van der Waals surface area contributed by atoms with E-state index in [-0.39, 0.29) is 23.8 Å². The summed E-state index contributed by atoms with van der Waals surface area (Å²) in [4.78, 5) is 12.9. The van der Waals surface area contributed by atoms with Gasteiger partial charge in [-0.2, -0.15) is 5.26 Å². The Morgan fingerprint density at radius 3 is 2.74 bits per heavy atom. The summed E-state index contributed by atoms with van der Waals surface area (Å²) in [5.74, 6) is 0.979. The molecular weight excluding hydrogens is 590 g/mol. The van der Waals surface area contributed by atoms with E-state index in [0.29, 0.717) is 58.7 Å². The summed E-state index contributed by atoms with van der Waals surface area (Å²) in [5, 5.41) is 10.9. The predicted molar refractivity (Wildman–Crippen MR) is 138 cm³/mol. The first kappa shape index (κ1) is 24.7. The Morgan fingerprint density at radius 2 is 2.03 bits per heavy atom. The van der Waals surface area contributed by atoms with Gasteiger partial charge in [0.15, 0.2) is 17.3 Å². The van der Waals surface area contributed by atoms with Crippen molar-refractivity contribution in [3.8, 4) is 17.6 Å². The molecule has 4 rings (SSSR count). The predicted octanol–water partition coefficient (Wildman–Crippen LogP) is 6.39. The van der Waals surface area contributed by atoms with E-state index in [1.807, 2.05) is 19.1 Å². The second-order valence-corrected chi connectivity index (χ2v) is 9.83. The summed E-state index contributed by atoms with van der Waals surface area (Å²) < 4.78 is 18.4. The molecule has 1 heterocycles. The molecule has 6 nitrogen and oxygen atoms in total. The fourth-order valence-corrected chi connectivity index (χ4v) is 5.38. The van der Waals surface area contributed by atoms with Crippen LogP contribution in [0, 0.1) is 14.9 Å². The van der Waals surface area contributed by atoms with E-state index in [0.717, 1.165) is 14.7 Å². The second kappa shape index (κ2) is 10.5. The molecule has 0 fully saturated rings. The van der Waals surface area contributed by atoms with E-state index < -0.39 is 5.92 Å². The Kier molecular flexibility index (Phi) is 7.60. The van der Waals surface area contributed by atoms with E-state index in [4.69, 9.17) is 43.1 Å². The van der Waals surface area contributed by atoms with Crippen molar-refractivity contribution >= 4 is 51.6 Å². The van der Waals surface area contributed by atoms with Crippen molar-refractivity contribution in [2.24, 2.45) is 5.73 Å². The maximum absolute atomic E-state index is 12.9. The maximum atomic E-state index is 12.9. The highest BCUT2D eigenvalue weighted by atomic mass is 127. The Balaban J connectivity index is 1.75. The molecule has 2 aromatic carbocycles. The number of benzene rings is 2. The van der Waals surface area contributed by atoms with Crippen LogP contribution in [0.2, 0.25) is 10.0 Å². The largest absolute Gasteiger partial charge is 0.490 e. The van der Waals surface area contributed by atoms with Gasteiger partial charge in [-0.3, -0.25) is 4.79 Å². The van der Waals surface area contributed by atoms with Gasteiger partial charge in [0.2, 0.25) is 5.88 Å². The third-order valence-corrected chi connectivity index (χ3v) is 7.05. The van der Waals surface area contributed by atoms with E-state index in [2.05, 4.69) is 28.7 Å². The van der Waals surface area contributed by atoms with E-state index in [1.54, 1.807) is 18.2 Å². The third-order valence-electron chi connectivity index (χ3n) is 5.66. The number of halogens is 3. The lowest BCUT2D eigenvalue weighted by atomic mass is 9.77. The SMILES string of the molecule is CCOc1cc([C@H]2C(C#N)=C(N)OC3=C2C(=O)CCC3)cc(I)c1OCc1ccc(Cl)cc1Cl. The zero-order valence-corrected chi connectivity index (χ0v) is 22.0. The van der Waals surface area contributed by atoms with E-state index >= 15 is 0 Å². The summed E-state index contributed by atoms with van der Waals surface area (Å²) in [7, 11) is 0. The summed E-state index contributed by atoms with van der Waals surface area (Å²) in [5.41, 5.74) is 8.29. The van der Waals surface area contributed by atoms with Crippen LogP contribution < -0.4 is 15.2 Å². The summed E-state index contributed by atoms with van der Waals surface area (Å²) in [6.45, 7) is 2.49. The van der Waals surface area contributed by atoms with Gasteiger partial charge < -0.3 is 19.9 Å². The number of carbonyl (C=O) groups is 1. The van der Waals surface area contributed by atoms with Crippen molar-refractivity contribution in [3.05, 3.63) is 77.9 Å². The van der Waals surface area contributed by atoms with Crippen LogP contribution in [0.15, 0.2) is 53.1 Å². The van der Waals surface area contributed by atoms with Crippen molar-refractivity contribution in [1.29, 1.82) is 5.26 Å². The van der Waals surface area contributed by atoms with Gasteiger partial charge >= 0.3 is 0 Å². The van der Waals surface area contributed by atoms with Gasteiger partial charge in [0, 0.05) is 34.0 Å². The van der Waals surface area contributed by atoms with Crippen molar-refractivity contribution < 1.29 is 19.0 Å². The smallest absolute Gasteiger partial charge is 0.205 e. The molecule has 2 aliphatic rings. The number of rotatable bonds is 6. The average molecular weight is 611 g/mol. The highest BCUT2D eigenvalue weighted by Crippen LogP contribution is 2.46. The monoisotopic (exact) mass is 610 g/mol. The summed E-state index contributed by atoms with van der Waals surface area (Å²) in [6.07, 6.45) is 1.71. The minimum atomic E-state index is -0.617. The number of ether oxygens (including phenoxy) is 3. The quantitative estimate of drug-likeness (QED) is 0.381. The molecule has 176 valence electrons. The third kappa shape index (κ3) is 4.85. The lowest BCUT2D eigenvalue weighted by Crippen LogP contribution is -2.27. The number of carbonyl (C=O) groups excluding carboxylic acids is 1. The van der Waals surface area contributed by atoms with Gasteiger partial charge in [0.25, 0.3) is 0 Å². The average Bonchev–Trinajstić information content (AvgIpc) is 2.79. The molecule has 34 heavy (non-hydrogen) atoms. The Hall–Kier alpha value is -2.41. The Bertz CT molecular complexity index is 1270. The molecule has 0 saturated heterocycles. The number of hydrogen-bond acceptors (Lipinski definition) is 6. The molecule has 0 radical (unpaired) electrons. The van der Waals surface area contributed by atoms with E-state index in [9.17, 15) is 10.1 Å². The first-order valence-electron chi connectivity index (χ1n) is 10.7. The fourth-order valence-electron chi connectivity index (χ4n) is 4.14. The van der Waals surface area contributed by atoms with Crippen LogP contribution in [0.25, 0.3) is 0 Å². The van der Waals surface area contributed by atoms with Gasteiger partial charge in [0.05, 0.1) is 16.1 Å². The van der Waals surface area contributed by atoms with Gasteiger partial charge in [0.1, 0.15) is 24.0 Å². The molecule has 2 aromatic rings. The van der Waals surface area contributed by atoms with Crippen molar-refractivity contribution in [2.75, 3.05) is 6.61 Å². The standard InChI is InChI=1S/C25H21Cl2IN2O4/c1-2-32-21-9-14(8-18(28)24(21)33-12-13-6-7-15(26)10-17(13)27)22-16(11-29)25(30)34-20-5-3-4-19(31)23(20)22/h6-10,22H,2-5,12,30H2,1H3/t22-/m0/s1. The van der Waals surface area contributed by atoms with Gasteiger partial charge in [-0.25, -0.2) is 0 Å². The zero-order chi connectivity index (χ0) is 24.4. The molecule has 1 aliphatic heterocycles. The number of nitrogens with zero attached hydrogens (tertiary/aromatic N) is 1. The van der Waals surface area contributed by atoms with E-state index in [1.165, 1.54) is 0 Å². The molecule has 9 heteroatoms.